The van der Waals surface area contributed by atoms with Crippen LogP contribution >= 0.6 is 0 Å². The Bertz CT molecular complexity index is 512. The molecule has 0 amide bonds. The molecule has 0 fully saturated rings. The quantitative estimate of drug-likeness (QED) is 0.803. The minimum atomic E-state index is -4.35. The summed E-state index contributed by atoms with van der Waals surface area (Å²) in [5.41, 5.74) is 4.37. The number of hydrogen-bond donors (Lipinski definition) is 2. The van der Waals surface area contributed by atoms with Crippen LogP contribution in [0.2, 0.25) is 0 Å². The Morgan fingerprint density at radius 2 is 2.00 bits per heavy atom. The third kappa shape index (κ3) is 5.33. The molecule has 0 saturated carbocycles. The van der Waals surface area contributed by atoms with Crippen LogP contribution in [0, 0.1) is 5.92 Å². The lowest BCUT2D eigenvalue weighted by molar-refractivity contribution is -0.143. The molecule has 3 nitrogen and oxygen atoms in total. The van der Waals surface area contributed by atoms with Crippen molar-refractivity contribution < 1.29 is 23.1 Å². The number of halogens is 3. The second-order valence-electron chi connectivity index (χ2n) is 5.94. The van der Waals surface area contributed by atoms with Crippen LogP contribution in [0.1, 0.15) is 44.2 Å². The topological polar surface area (TPSA) is 63.3 Å². The summed E-state index contributed by atoms with van der Waals surface area (Å²) in [6.07, 6.45) is -2.23. The zero-order valence-corrected chi connectivity index (χ0v) is 12.8. The molecule has 22 heavy (non-hydrogen) atoms. The van der Waals surface area contributed by atoms with Gasteiger partial charge in [-0.05, 0) is 43.7 Å². The van der Waals surface area contributed by atoms with Crippen LogP contribution in [0.5, 0.6) is 0 Å². The molecule has 2 unspecified atom stereocenters. The SMILES string of the molecule is CCC(CCc1cccc(C(F)(F)F)c1)CC(C)(N)C(=O)O. The van der Waals surface area contributed by atoms with Crippen molar-refractivity contribution in [2.75, 3.05) is 0 Å². The van der Waals surface area contributed by atoms with E-state index in [-0.39, 0.29) is 5.92 Å². The molecule has 0 bridgehead atoms. The van der Waals surface area contributed by atoms with Gasteiger partial charge in [0.15, 0.2) is 0 Å². The van der Waals surface area contributed by atoms with E-state index in [2.05, 4.69) is 0 Å². The first kappa shape index (κ1) is 18.5. The van der Waals surface area contributed by atoms with Crippen LogP contribution in [-0.2, 0) is 17.4 Å². The van der Waals surface area contributed by atoms with Crippen LogP contribution in [-0.4, -0.2) is 16.6 Å². The number of nitrogens with two attached hydrogens (primary N) is 1. The number of aryl methyl sites for hydroxylation is 1. The fourth-order valence-electron chi connectivity index (χ4n) is 2.41. The average molecular weight is 317 g/mol. The lowest BCUT2D eigenvalue weighted by atomic mass is 9.84. The maximum atomic E-state index is 12.7. The molecular weight excluding hydrogens is 295 g/mol. The Labute approximate surface area is 128 Å². The van der Waals surface area contributed by atoms with E-state index in [1.807, 2.05) is 6.92 Å². The lowest BCUT2D eigenvalue weighted by Crippen LogP contribution is -2.46. The summed E-state index contributed by atoms with van der Waals surface area (Å²) >= 11 is 0. The van der Waals surface area contributed by atoms with E-state index in [9.17, 15) is 18.0 Å². The van der Waals surface area contributed by atoms with Crippen molar-refractivity contribution in [3.05, 3.63) is 35.4 Å². The molecular formula is C16H22F3NO2. The normalized spacial score (nSPS) is 16.1. The zero-order valence-electron chi connectivity index (χ0n) is 12.8. The predicted molar refractivity (Wildman–Crippen MR) is 78.4 cm³/mol. The van der Waals surface area contributed by atoms with Crippen molar-refractivity contribution in [2.45, 2.75) is 51.2 Å². The molecule has 1 aromatic rings. The summed E-state index contributed by atoms with van der Waals surface area (Å²) in [6, 6.07) is 5.23. The highest BCUT2D eigenvalue weighted by atomic mass is 19.4. The van der Waals surface area contributed by atoms with Gasteiger partial charge in [0.1, 0.15) is 5.54 Å². The third-order valence-electron chi connectivity index (χ3n) is 3.87. The molecule has 3 N–H and O–H groups in total. The van der Waals surface area contributed by atoms with Crippen LogP contribution in [0.4, 0.5) is 13.2 Å². The number of hydrogen-bond acceptors (Lipinski definition) is 2. The molecule has 0 aromatic heterocycles. The van der Waals surface area contributed by atoms with Crippen molar-refractivity contribution in [3.8, 4) is 0 Å². The first-order valence-electron chi connectivity index (χ1n) is 7.24. The van der Waals surface area contributed by atoms with Gasteiger partial charge in [0, 0.05) is 0 Å². The van der Waals surface area contributed by atoms with E-state index in [4.69, 9.17) is 10.8 Å². The van der Waals surface area contributed by atoms with Gasteiger partial charge in [-0.25, -0.2) is 0 Å². The molecule has 124 valence electrons. The molecule has 1 aromatic carbocycles. The molecule has 0 aliphatic heterocycles. The van der Waals surface area contributed by atoms with Crippen molar-refractivity contribution in [3.63, 3.8) is 0 Å². The van der Waals surface area contributed by atoms with Gasteiger partial charge in [0.05, 0.1) is 5.56 Å². The molecule has 0 heterocycles. The number of aliphatic carboxylic acids is 1. The van der Waals surface area contributed by atoms with Gasteiger partial charge in [0.2, 0.25) is 0 Å². The number of carboxylic acid groups (broad SMARTS) is 1. The fraction of sp³-hybridized carbons (Fsp3) is 0.562. The maximum Gasteiger partial charge on any atom is 0.416 e. The molecule has 0 aliphatic carbocycles. The molecule has 1 rings (SSSR count). The summed E-state index contributed by atoms with van der Waals surface area (Å²) in [6.45, 7) is 3.39. The van der Waals surface area contributed by atoms with E-state index in [1.54, 1.807) is 6.07 Å². The van der Waals surface area contributed by atoms with Crippen LogP contribution < -0.4 is 5.73 Å². The van der Waals surface area contributed by atoms with Crippen LogP contribution in [0.3, 0.4) is 0 Å². The van der Waals surface area contributed by atoms with Crippen molar-refractivity contribution in [1.29, 1.82) is 0 Å². The molecule has 6 heteroatoms. The van der Waals surface area contributed by atoms with E-state index in [0.29, 0.717) is 24.8 Å². The zero-order chi connectivity index (χ0) is 17.0. The molecule has 0 spiro atoms. The van der Waals surface area contributed by atoms with Gasteiger partial charge in [-0.1, -0.05) is 31.5 Å². The number of carboxylic acids is 1. The predicted octanol–water partition coefficient (Wildman–Crippen LogP) is 3.86. The summed E-state index contributed by atoms with van der Waals surface area (Å²) in [5.74, 6) is -1.01. The van der Waals surface area contributed by atoms with Crippen LogP contribution in [0.25, 0.3) is 0 Å². The standard InChI is InChI=1S/C16H22F3NO2/c1-3-11(10-15(2,20)14(21)22)7-8-12-5-4-6-13(9-12)16(17,18)19/h4-6,9,11H,3,7-8,10,20H2,1-2H3,(H,21,22). The van der Waals surface area contributed by atoms with E-state index in [1.165, 1.54) is 13.0 Å². The van der Waals surface area contributed by atoms with E-state index >= 15 is 0 Å². The largest absolute Gasteiger partial charge is 0.480 e. The molecule has 0 radical (unpaired) electrons. The Hall–Kier alpha value is -1.56. The Balaban J connectivity index is 2.70. The first-order valence-corrected chi connectivity index (χ1v) is 7.24. The van der Waals surface area contributed by atoms with Crippen LogP contribution in [0.15, 0.2) is 24.3 Å². The second-order valence-corrected chi connectivity index (χ2v) is 5.94. The van der Waals surface area contributed by atoms with Crippen molar-refractivity contribution in [2.24, 2.45) is 11.7 Å². The Morgan fingerprint density at radius 3 is 2.50 bits per heavy atom. The second kappa shape index (κ2) is 7.13. The van der Waals surface area contributed by atoms with Crippen molar-refractivity contribution in [1.82, 2.24) is 0 Å². The number of benzene rings is 1. The highest BCUT2D eigenvalue weighted by molar-refractivity contribution is 5.77. The summed E-state index contributed by atoms with van der Waals surface area (Å²) in [5, 5.41) is 9.05. The number of rotatable bonds is 7. The summed E-state index contributed by atoms with van der Waals surface area (Å²) < 4.78 is 38.0. The minimum Gasteiger partial charge on any atom is -0.480 e. The highest BCUT2D eigenvalue weighted by Gasteiger charge is 2.31. The number of alkyl halides is 3. The summed E-state index contributed by atoms with van der Waals surface area (Å²) in [7, 11) is 0. The van der Waals surface area contributed by atoms with Gasteiger partial charge in [-0.3, -0.25) is 4.79 Å². The first-order chi connectivity index (χ1) is 10.1. The monoisotopic (exact) mass is 317 g/mol. The average Bonchev–Trinajstić information content (AvgIpc) is 2.42. The third-order valence-corrected chi connectivity index (χ3v) is 3.87. The fourth-order valence-corrected chi connectivity index (χ4v) is 2.41. The minimum absolute atomic E-state index is 0.0562. The Kier molecular flexibility index (Phi) is 6.00. The van der Waals surface area contributed by atoms with Crippen molar-refractivity contribution >= 4 is 5.97 Å². The van der Waals surface area contributed by atoms with Gasteiger partial charge in [-0.2, -0.15) is 13.2 Å². The molecule has 0 saturated heterocycles. The van der Waals surface area contributed by atoms with Gasteiger partial charge in [-0.15, -0.1) is 0 Å². The molecule has 2 atom stereocenters. The van der Waals surface area contributed by atoms with Gasteiger partial charge in [0.25, 0.3) is 0 Å². The van der Waals surface area contributed by atoms with E-state index in [0.717, 1.165) is 18.6 Å². The smallest absolute Gasteiger partial charge is 0.416 e. The number of carbonyl (C=O) groups is 1. The van der Waals surface area contributed by atoms with Gasteiger partial charge < -0.3 is 10.8 Å². The Morgan fingerprint density at radius 1 is 1.36 bits per heavy atom. The highest BCUT2D eigenvalue weighted by Crippen LogP contribution is 2.30. The van der Waals surface area contributed by atoms with Gasteiger partial charge >= 0.3 is 12.1 Å². The summed E-state index contributed by atoms with van der Waals surface area (Å²) in [4.78, 5) is 11.1. The maximum absolute atomic E-state index is 12.7. The van der Waals surface area contributed by atoms with E-state index < -0.39 is 23.2 Å². The lowest BCUT2D eigenvalue weighted by Gasteiger charge is -2.25. The molecule has 0 aliphatic rings.